The number of hydrogen-bond donors (Lipinski definition) is 0. The first-order valence-corrected chi connectivity index (χ1v) is 9.97. The van der Waals surface area contributed by atoms with Crippen molar-refractivity contribution in [1.82, 2.24) is 19.9 Å². The summed E-state index contributed by atoms with van der Waals surface area (Å²) in [5, 5.41) is 3.86. The van der Waals surface area contributed by atoms with Gasteiger partial charge >= 0.3 is 6.18 Å². The second-order valence-corrected chi connectivity index (χ2v) is 8.86. The third-order valence-corrected chi connectivity index (χ3v) is 5.14. The third kappa shape index (κ3) is 5.38. The lowest BCUT2D eigenvalue weighted by Crippen LogP contribution is -2.49. The number of rotatable bonds is 4. The summed E-state index contributed by atoms with van der Waals surface area (Å²) in [6.07, 6.45) is -3.92. The number of carbonyl (C=O) groups is 1. The molecule has 0 saturated carbocycles. The minimum Gasteiger partial charge on any atom is -0.340 e. The van der Waals surface area contributed by atoms with Gasteiger partial charge in [-0.3, -0.25) is 9.69 Å². The van der Waals surface area contributed by atoms with E-state index in [0.29, 0.717) is 38.5 Å². The van der Waals surface area contributed by atoms with Crippen LogP contribution >= 0.6 is 0 Å². The monoisotopic (exact) mass is 424 g/mol. The zero-order chi connectivity index (χ0) is 22.1. The van der Waals surface area contributed by atoms with Gasteiger partial charge < -0.3 is 9.42 Å². The molecule has 0 radical (unpaired) electrons. The molecule has 0 spiro atoms. The Kier molecular flexibility index (Phi) is 6.21. The molecule has 0 aliphatic carbocycles. The van der Waals surface area contributed by atoms with Crippen molar-refractivity contribution in [3.63, 3.8) is 0 Å². The molecule has 0 bridgehead atoms. The van der Waals surface area contributed by atoms with E-state index >= 15 is 0 Å². The van der Waals surface area contributed by atoms with Gasteiger partial charge in [-0.25, -0.2) is 0 Å². The molecular weight excluding hydrogens is 397 g/mol. The topological polar surface area (TPSA) is 62.5 Å². The molecule has 1 fully saturated rings. The van der Waals surface area contributed by atoms with Gasteiger partial charge in [0.05, 0.1) is 11.6 Å². The van der Waals surface area contributed by atoms with Crippen LogP contribution in [0, 0.1) is 5.41 Å². The first-order chi connectivity index (χ1) is 13.9. The Morgan fingerprint density at radius 3 is 2.43 bits per heavy atom. The highest BCUT2D eigenvalue weighted by atomic mass is 19.4. The lowest BCUT2D eigenvalue weighted by Gasteiger charge is -2.37. The minimum absolute atomic E-state index is 0.0505. The lowest BCUT2D eigenvalue weighted by atomic mass is 9.91. The van der Waals surface area contributed by atoms with E-state index in [0.717, 1.165) is 12.1 Å². The summed E-state index contributed by atoms with van der Waals surface area (Å²) in [5.41, 5.74) is -0.550. The molecule has 1 unspecified atom stereocenters. The normalized spacial score (nSPS) is 17.2. The number of carbonyl (C=O) groups excluding carboxylic acids is 1. The predicted octanol–water partition coefficient (Wildman–Crippen LogP) is 4.40. The molecule has 3 rings (SSSR count). The fourth-order valence-corrected chi connectivity index (χ4v) is 3.44. The summed E-state index contributed by atoms with van der Waals surface area (Å²) < 4.78 is 44.2. The van der Waals surface area contributed by atoms with Crippen molar-refractivity contribution in [2.45, 2.75) is 46.3 Å². The minimum atomic E-state index is -4.43. The van der Waals surface area contributed by atoms with Gasteiger partial charge in [0.1, 0.15) is 0 Å². The van der Waals surface area contributed by atoms with E-state index in [1.807, 2.05) is 32.6 Å². The highest BCUT2D eigenvalue weighted by molar-refractivity contribution is 5.76. The van der Waals surface area contributed by atoms with E-state index in [9.17, 15) is 18.0 Å². The molecule has 1 aliphatic rings. The Labute approximate surface area is 174 Å². The molecule has 2 heterocycles. The van der Waals surface area contributed by atoms with E-state index in [-0.39, 0.29) is 28.8 Å². The smallest absolute Gasteiger partial charge is 0.340 e. The zero-order valence-corrected chi connectivity index (χ0v) is 17.7. The number of benzene rings is 1. The van der Waals surface area contributed by atoms with E-state index < -0.39 is 11.7 Å². The van der Waals surface area contributed by atoms with Crippen LogP contribution in [0.5, 0.6) is 0 Å². The van der Waals surface area contributed by atoms with Crippen LogP contribution in [0.15, 0.2) is 28.8 Å². The Bertz CT molecular complexity index is 881. The van der Waals surface area contributed by atoms with Gasteiger partial charge in [0.2, 0.25) is 17.6 Å². The Hall–Kier alpha value is -2.42. The van der Waals surface area contributed by atoms with Crippen molar-refractivity contribution in [2.24, 2.45) is 5.41 Å². The highest BCUT2D eigenvalue weighted by Gasteiger charge is 2.32. The maximum Gasteiger partial charge on any atom is 0.416 e. The van der Waals surface area contributed by atoms with E-state index in [1.165, 1.54) is 12.1 Å². The van der Waals surface area contributed by atoms with Crippen molar-refractivity contribution in [1.29, 1.82) is 0 Å². The Morgan fingerprint density at radius 2 is 1.83 bits per heavy atom. The molecule has 9 heteroatoms. The van der Waals surface area contributed by atoms with Crippen LogP contribution in [-0.4, -0.2) is 52.0 Å². The van der Waals surface area contributed by atoms with E-state index in [4.69, 9.17) is 4.52 Å². The fourth-order valence-electron chi connectivity index (χ4n) is 3.44. The SMILES string of the molecule is CC(c1nc(-c2cccc(C(F)(F)F)c2)no1)N1CCN(C(=O)CC(C)(C)C)CC1. The van der Waals surface area contributed by atoms with E-state index in [2.05, 4.69) is 15.0 Å². The summed E-state index contributed by atoms with van der Waals surface area (Å²) in [6, 6.07) is 4.67. The molecule has 1 aliphatic heterocycles. The number of aromatic nitrogens is 2. The summed E-state index contributed by atoms with van der Waals surface area (Å²) in [6.45, 7) is 10.6. The fraction of sp³-hybridized carbons (Fsp3) is 0.571. The van der Waals surface area contributed by atoms with Crippen LogP contribution < -0.4 is 0 Å². The molecule has 0 N–H and O–H groups in total. The van der Waals surface area contributed by atoms with Crippen LogP contribution in [-0.2, 0) is 11.0 Å². The summed E-state index contributed by atoms with van der Waals surface area (Å²) >= 11 is 0. The van der Waals surface area contributed by atoms with Crippen molar-refractivity contribution in [3.8, 4) is 11.4 Å². The molecule has 1 aromatic heterocycles. The molecule has 1 saturated heterocycles. The van der Waals surface area contributed by atoms with Gasteiger partial charge in [0, 0.05) is 38.2 Å². The van der Waals surface area contributed by atoms with Crippen molar-refractivity contribution in [2.75, 3.05) is 26.2 Å². The van der Waals surface area contributed by atoms with Crippen molar-refractivity contribution >= 4 is 5.91 Å². The molecule has 1 aromatic carbocycles. The predicted molar refractivity (Wildman–Crippen MR) is 105 cm³/mol. The van der Waals surface area contributed by atoms with Crippen molar-refractivity contribution < 1.29 is 22.5 Å². The van der Waals surface area contributed by atoms with Crippen LogP contribution in [0.4, 0.5) is 13.2 Å². The van der Waals surface area contributed by atoms with Crippen molar-refractivity contribution in [3.05, 3.63) is 35.7 Å². The number of piperazine rings is 1. The van der Waals surface area contributed by atoms with Crippen LogP contribution in [0.1, 0.15) is 51.6 Å². The van der Waals surface area contributed by atoms with Gasteiger partial charge in [-0.2, -0.15) is 18.2 Å². The number of nitrogens with zero attached hydrogens (tertiary/aromatic N) is 4. The average molecular weight is 424 g/mol. The first kappa shape index (κ1) is 22.3. The standard InChI is InChI=1S/C21H27F3N4O2/c1-14(27-8-10-28(11-9-27)17(29)13-20(2,3)4)19-25-18(26-30-19)15-6-5-7-16(12-15)21(22,23)24/h5-7,12,14H,8-11,13H2,1-4H3. The maximum absolute atomic E-state index is 12.9. The van der Waals surface area contributed by atoms with Gasteiger partial charge in [-0.1, -0.05) is 38.1 Å². The quantitative estimate of drug-likeness (QED) is 0.728. The Balaban J connectivity index is 1.64. The molecule has 164 valence electrons. The van der Waals surface area contributed by atoms with E-state index in [1.54, 1.807) is 0 Å². The second-order valence-electron chi connectivity index (χ2n) is 8.86. The van der Waals surface area contributed by atoms with Gasteiger partial charge in [0.15, 0.2) is 0 Å². The second kappa shape index (κ2) is 8.37. The summed E-state index contributed by atoms with van der Waals surface area (Å²) in [7, 11) is 0. The number of halogens is 3. The summed E-state index contributed by atoms with van der Waals surface area (Å²) in [4.78, 5) is 20.7. The molecule has 6 nitrogen and oxygen atoms in total. The third-order valence-electron chi connectivity index (χ3n) is 5.14. The van der Waals surface area contributed by atoms with Gasteiger partial charge in [0.25, 0.3) is 0 Å². The largest absolute Gasteiger partial charge is 0.416 e. The van der Waals surface area contributed by atoms with Gasteiger partial charge in [-0.15, -0.1) is 0 Å². The van der Waals surface area contributed by atoms with Gasteiger partial charge in [-0.05, 0) is 24.5 Å². The first-order valence-electron chi connectivity index (χ1n) is 9.97. The van der Waals surface area contributed by atoms with Crippen LogP contribution in [0.3, 0.4) is 0 Å². The number of hydrogen-bond acceptors (Lipinski definition) is 5. The lowest BCUT2D eigenvalue weighted by molar-refractivity contribution is -0.137. The summed E-state index contributed by atoms with van der Waals surface area (Å²) in [5.74, 6) is 0.623. The molecule has 1 atom stereocenters. The van der Waals surface area contributed by atoms with Crippen LogP contribution in [0.2, 0.25) is 0 Å². The average Bonchev–Trinajstić information content (AvgIpc) is 3.16. The molecular formula is C21H27F3N4O2. The number of alkyl halides is 3. The molecule has 1 amide bonds. The Morgan fingerprint density at radius 1 is 1.17 bits per heavy atom. The highest BCUT2D eigenvalue weighted by Crippen LogP contribution is 2.32. The zero-order valence-electron chi connectivity index (χ0n) is 17.7. The number of amides is 1. The maximum atomic E-state index is 12.9. The van der Waals surface area contributed by atoms with Crippen LogP contribution in [0.25, 0.3) is 11.4 Å². The molecule has 2 aromatic rings. The molecule has 30 heavy (non-hydrogen) atoms.